The first-order valence-corrected chi connectivity index (χ1v) is 9.03. The molecule has 1 fully saturated rings. The molecule has 2 amide bonds. The Morgan fingerprint density at radius 1 is 1.36 bits per heavy atom. The van der Waals surface area contributed by atoms with Gasteiger partial charge in [0.2, 0.25) is 5.89 Å². The standard InChI is InChI=1S/C18H23N5O5/c19-12(10-24)15-21-16(28-22-15)13(9-11-5-2-1-3-6-11)20-18(27)23-8-4-7-14(23)17(25)26/h1-3,5-6,12-14,24H,4,7-10,19H2,(H,20,27)(H,25,26)/t12-,13-,14+/m0/s1. The third kappa shape index (κ3) is 4.46. The lowest BCUT2D eigenvalue weighted by molar-refractivity contribution is -0.141. The van der Waals surface area contributed by atoms with Crippen molar-refractivity contribution < 1.29 is 24.3 Å². The lowest BCUT2D eigenvalue weighted by atomic mass is 10.1. The second kappa shape index (κ2) is 8.81. The van der Waals surface area contributed by atoms with Crippen LogP contribution in [0, 0.1) is 0 Å². The maximum absolute atomic E-state index is 12.7. The smallest absolute Gasteiger partial charge is 0.326 e. The van der Waals surface area contributed by atoms with Crippen molar-refractivity contribution in [2.45, 2.75) is 37.4 Å². The van der Waals surface area contributed by atoms with Crippen LogP contribution in [0.2, 0.25) is 0 Å². The first kappa shape index (κ1) is 19.8. The summed E-state index contributed by atoms with van der Waals surface area (Å²) in [6.07, 6.45) is 1.42. The van der Waals surface area contributed by atoms with E-state index in [0.29, 0.717) is 25.8 Å². The molecule has 10 nitrogen and oxygen atoms in total. The Labute approximate surface area is 161 Å². The van der Waals surface area contributed by atoms with Gasteiger partial charge in [0, 0.05) is 13.0 Å². The van der Waals surface area contributed by atoms with E-state index in [1.807, 2.05) is 30.3 Å². The maximum Gasteiger partial charge on any atom is 0.326 e. The Morgan fingerprint density at radius 3 is 2.79 bits per heavy atom. The number of hydrogen-bond donors (Lipinski definition) is 4. The molecule has 1 aliphatic rings. The summed E-state index contributed by atoms with van der Waals surface area (Å²) in [5.74, 6) is -0.752. The van der Waals surface area contributed by atoms with E-state index in [1.165, 1.54) is 4.90 Å². The monoisotopic (exact) mass is 389 g/mol. The third-order valence-electron chi connectivity index (χ3n) is 4.66. The highest BCUT2D eigenvalue weighted by Crippen LogP contribution is 2.22. The zero-order valence-corrected chi connectivity index (χ0v) is 15.2. The molecule has 3 atom stereocenters. The van der Waals surface area contributed by atoms with Crippen LogP contribution >= 0.6 is 0 Å². The molecule has 0 aliphatic carbocycles. The lowest BCUT2D eigenvalue weighted by Crippen LogP contribution is -2.47. The highest BCUT2D eigenvalue weighted by Gasteiger charge is 2.35. The van der Waals surface area contributed by atoms with Gasteiger partial charge in [0.15, 0.2) is 5.82 Å². The molecule has 0 spiro atoms. The predicted molar refractivity (Wildman–Crippen MR) is 97.1 cm³/mol. The molecule has 1 aromatic carbocycles. The number of carboxylic acid groups (broad SMARTS) is 1. The first-order valence-electron chi connectivity index (χ1n) is 9.03. The molecule has 0 bridgehead atoms. The predicted octanol–water partition coefficient (Wildman–Crippen LogP) is 0.604. The molecule has 1 aliphatic heterocycles. The highest BCUT2D eigenvalue weighted by atomic mass is 16.5. The summed E-state index contributed by atoms with van der Waals surface area (Å²) in [5.41, 5.74) is 6.64. The number of urea groups is 1. The minimum atomic E-state index is -1.03. The van der Waals surface area contributed by atoms with Gasteiger partial charge < -0.3 is 30.7 Å². The topological polar surface area (TPSA) is 155 Å². The van der Waals surface area contributed by atoms with Crippen LogP contribution in [0.5, 0.6) is 0 Å². The van der Waals surface area contributed by atoms with Crippen molar-refractivity contribution in [1.29, 1.82) is 0 Å². The van der Waals surface area contributed by atoms with Crippen molar-refractivity contribution in [3.63, 3.8) is 0 Å². The third-order valence-corrected chi connectivity index (χ3v) is 4.66. The molecule has 2 heterocycles. The van der Waals surface area contributed by atoms with Crippen LogP contribution in [-0.2, 0) is 11.2 Å². The molecule has 28 heavy (non-hydrogen) atoms. The van der Waals surface area contributed by atoms with E-state index in [9.17, 15) is 14.7 Å². The normalized spacial score (nSPS) is 18.6. The fourth-order valence-electron chi connectivity index (χ4n) is 3.17. The van der Waals surface area contributed by atoms with Gasteiger partial charge in [-0.25, -0.2) is 9.59 Å². The second-order valence-electron chi connectivity index (χ2n) is 6.66. The number of aromatic nitrogens is 2. The zero-order chi connectivity index (χ0) is 20.1. The number of carbonyl (C=O) groups excluding carboxylic acids is 1. The SMILES string of the molecule is N[C@@H](CO)c1noc([C@H](Cc2ccccc2)NC(=O)N2CCC[C@@H]2C(=O)O)n1. The van der Waals surface area contributed by atoms with Crippen molar-refractivity contribution >= 4 is 12.0 Å². The number of carboxylic acids is 1. The minimum absolute atomic E-state index is 0.134. The fraction of sp³-hybridized carbons (Fsp3) is 0.444. The Hall–Kier alpha value is -2.98. The molecule has 5 N–H and O–H groups in total. The lowest BCUT2D eigenvalue weighted by Gasteiger charge is -2.24. The number of benzene rings is 1. The average Bonchev–Trinajstić information content (AvgIpc) is 3.37. The van der Waals surface area contributed by atoms with Crippen molar-refractivity contribution in [1.82, 2.24) is 20.4 Å². The number of carbonyl (C=O) groups is 2. The number of nitrogens with zero attached hydrogens (tertiary/aromatic N) is 3. The van der Waals surface area contributed by atoms with Crippen LogP contribution in [0.25, 0.3) is 0 Å². The molecule has 0 radical (unpaired) electrons. The van der Waals surface area contributed by atoms with Gasteiger partial charge in [-0.3, -0.25) is 0 Å². The summed E-state index contributed by atoms with van der Waals surface area (Å²) in [7, 11) is 0. The molecule has 10 heteroatoms. The van der Waals surface area contributed by atoms with Crippen molar-refractivity contribution in [2.75, 3.05) is 13.2 Å². The van der Waals surface area contributed by atoms with E-state index in [1.54, 1.807) is 0 Å². The summed E-state index contributed by atoms with van der Waals surface area (Å²) in [6.45, 7) is 0.0219. The van der Waals surface area contributed by atoms with Gasteiger partial charge in [-0.2, -0.15) is 4.98 Å². The molecule has 3 rings (SSSR count). The molecule has 150 valence electrons. The van der Waals surface area contributed by atoms with Gasteiger partial charge in [0.05, 0.1) is 12.6 Å². The van der Waals surface area contributed by atoms with E-state index in [-0.39, 0.29) is 18.3 Å². The van der Waals surface area contributed by atoms with E-state index in [2.05, 4.69) is 15.5 Å². The van der Waals surface area contributed by atoms with E-state index in [0.717, 1.165) is 5.56 Å². The summed E-state index contributed by atoms with van der Waals surface area (Å²) >= 11 is 0. The number of amides is 2. The maximum atomic E-state index is 12.7. The van der Waals surface area contributed by atoms with Crippen LogP contribution in [0.1, 0.15) is 42.2 Å². The Bertz CT molecular complexity index is 812. The van der Waals surface area contributed by atoms with Crippen molar-refractivity contribution in [2.24, 2.45) is 5.73 Å². The van der Waals surface area contributed by atoms with Crippen LogP contribution in [0.4, 0.5) is 4.79 Å². The molecule has 0 unspecified atom stereocenters. The second-order valence-corrected chi connectivity index (χ2v) is 6.66. The van der Waals surface area contributed by atoms with E-state index >= 15 is 0 Å². The molecule has 1 aromatic heterocycles. The van der Waals surface area contributed by atoms with Crippen LogP contribution in [0.15, 0.2) is 34.9 Å². The van der Waals surface area contributed by atoms with Crippen LogP contribution < -0.4 is 11.1 Å². The summed E-state index contributed by atoms with van der Waals surface area (Å²) in [4.78, 5) is 29.6. The molecular weight excluding hydrogens is 366 g/mol. The van der Waals surface area contributed by atoms with Gasteiger partial charge in [-0.05, 0) is 18.4 Å². The number of aliphatic hydroxyl groups excluding tert-OH is 1. The Morgan fingerprint density at radius 2 is 2.11 bits per heavy atom. The number of rotatable bonds is 7. The van der Waals surface area contributed by atoms with Gasteiger partial charge >= 0.3 is 12.0 Å². The van der Waals surface area contributed by atoms with Gasteiger partial charge in [-0.15, -0.1) is 0 Å². The van der Waals surface area contributed by atoms with Gasteiger partial charge in [0.1, 0.15) is 12.1 Å². The quantitative estimate of drug-likeness (QED) is 0.537. The van der Waals surface area contributed by atoms with Crippen molar-refractivity contribution in [3.05, 3.63) is 47.6 Å². The summed E-state index contributed by atoms with van der Waals surface area (Å²) < 4.78 is 5.26. The Kier molecular flexibility index (Phi) is 6.22. The van der Waals surface area contributed by atoms with E-state index in [4.69, 9.17) is 15.4 Å². The largest absolute Gasteiger partial charge is 0.480 e. The number of aliphatic hydroxyl groups is 1. The first-order chi connectivity index (χ1) is 13.5. The number of aliphatic carboxylic acids is 1. The number of nitrogens with one attached hydrogen (secondary N) is 1. The average molecular weight is 389 g/mol. The molecular formula is C18H23N5O5. The Balaban J connectivity index is 1.81. The molecule has 2 aromatic rings. The zero-order valence-electron chi connectivity index (χ0n) is 15.2. The molecule has 0 saturated carbocycles. The van der Waals surface area contributed by atoms with Gasteiger partial charge in [-0.1, -0.05) is 35.5 Å². The van der Waals surface area contributed by atoms with Crippen LogP contribution in [0.3, 0.4) is 0 Å². The van der Waals surface area contributed by atoms with Gasteiger partial charge in [0.25, 0.3) is 0 Å². The minimum Gasteiger partial charge on any atom is -0.480 e. The van der Waals surface area contributed by atoms with Crippen LogP contribution in [-0.4, -0.2) is 56.4 Å². The number of likely N-dealkylation sites (tertiary alicyclic amines) is 1. The number of nitrogens with two attached hydrogens (primary N) is 1. The number of hydrogen-bond acceptors (Lipinski definition) is 7. The summed E-state index contributed by atoms with van der Waals surface area (Å²) in [5, 5.41) is 25.0. The van der Waals surface area contributed by atoms with E-state index < -0.39 is 30.1 Å². The molecule has 1 saturated heterocycles. The highest BCUT2D eigenvalue weighted by molar-refractivity contribution is 5.83. The fourth-order valence-corrected chi connectivity index (χ4v) is 3.17. The summed E-state index contributed by atoms with van der Waals surface area (Å²) in [6, 6.07) is 6.60. The van der Waals surface area contributed by atoms with Crippen molar-refractivity contribution in [3.8, 4) is 0 Å².